The Balaban J connectivity index is 2.49. The maximum absolute atomic E-state index is 11.7. The van der Waals surface area contributed by atoms with Crippen molar-refractivity contribution in [3.05, 3.63) is 29.8 Å². The first-order valence-electron chi connectivity index (χ1n) is 6.43. The van der Waals surface area contributed by atoms with Gasteiger partial charge >= 0.3 is 5.97 Å². The van der Waals surface area contributed by atoms with Crippen molar-refractivity contribution in [2.75, 3.05) is 31.3 Å². The van der Waals surface area contributed by atoms with Crippen LogP contribution in [0.1, 0.15) is 16.8 Å². The van der Waals surface area contributed by atoms with E-state index in [9.17, 15) is 18.0 Å². The molecule has 3 N–H and O–H groups in total. The number of amides is 1. The largest absolute Gasteiger partial charge is 0.478 e. The van der Waals surface area contributed by atoms with Gasteiger partial charge in [-0.25, -0.2) is 17.9 Å². The van der Waals surface area contributed by atoms with Crippen LogP contribution in [-0.2, 0) is 19.6 Å². The summed E-state index contributed by atoms with van der Waals surface area (Å²) in [5.74, 6) is -1.84. The topological polar surface area (TPSA) is 122 Å². The summed E-state index contributed by atoms with van der Waals surface area (Å²) in [6.45, 7) is -0.109. The normalized spacial score (nSPS) is 11.1. The number of methoxy groups -OCH3 is 1. The number of carboxylic acids is 1. The first-order valence-corrected chi connectivity index (χ1v) is 8.09. The van der Waals surface area contributed by atoms with Crippen molar-refractivity contribution >= 4 is 27.6 Å². The van der Waals surface area contributed by atoms with Crippen LogP contribution in [0, 0.1) is 0 Å². The number of nitrogens with one attached hydrogen (secondary N) is 2. The Kier molecular flexibility index (Phi) is 6.96. The van der Waals surface area contributed by atoms with Gasteiger partial charge in [0.05, 0.1) is 17.9 Å². The highest BCUT2D eigenvalue weighted by Crippen LogP contribution is 2.10. The summed E-state index contributed by atoms with van der Waals surface area (Å²) in [5.41, 5.74) is 0.307. The quantitative estimate of drug-likeness (QED) is 0.559. The number of hydrogen-bond donors (Lipinski definition) is 3. The Hall–Kier alpha value is -1.97. The molecule has 0 saturated carbocycles. The first kappa shape index (κ1) is 18.1. The fourth-order valence-corrected chi connectivity index (χ4v) is 2.57. The highest BCUT2D eigenvalue weighted by atomic mass is 32.2. The van der Waals surface area contributed by atoms with Crippen LogP contribution in [0.25, 0.3) is 0 Å². The van der Waals surface area contributed by atoms with E-state index in [4.69, 9.17) is 9.84 Å². The molecule has 22 heavy (non-hydrogen) atoms. The molecule has 0 bridgehead atoms. The van der Waals surface area contributed by atoms with E-state index in [0.717, 1.165) is 0 Å². The molecule has 1 aromatic rings. The molecule has 122 valence electrons. The molecule has 0 aromatic heterocycles. The standard InChI is InChI=1S/C13H18N2O6S/c1-21-6-3-7-22(19,20)14-9-12(16)15-11-5-2-4-10(8-11)13(17)18/h2,4-5,8,14H,3,6-7,9H2,1H3,(H,15,16)(H,17,18). The van der Waals surface area contributed by atoms with Gasteiger partial charge in [0.25, 0.3) is 0 Å². The fourth-order valence-electron chi connectivity index (χ4n) is 1.58. The van der Waals surface area contributed by atoms with Gasteiger partial charge in [-0.2, -0.15) is 0 Å². The predicted molar refractivity (Wildman–Crippen MR) is 80.3 cm³/mol. The van der Waals surface area contributed by atoms with Crippen molar-refractivity contribution in [2.24, 2.45) is 0 Å². The number of hydrogen-bond acceptors (Lipinski definition) is 5. The van der Waals surface area contributed by atoms with Crippen LogP contribution >= 0.6 is 0 Å². The Morgan fingerprint density at radius 1 is 1.32 bits per heavy atom. The molecular formula is C13H18N2O6S. The zero-order chi connectivity index (χ0) is 16.6. The van der Waals surface area contributed by atoms with E-state index in [1.165, 1.54) is 31.4 Å². The van der Waals surface area contributed by atoms with Crippen LogP contribution in [0.3, 0.4) is 0 Å². The zero-order valence-corrected chi connectivity index (χ0v) is 12.9. The zero-order valence-electron chi connectivity index (χ0n) is 12.0. The second-order valence-corrected chi connectivity index (χ2v) is 6.35. The van der Waals surface area contributed by atoms with Gasteiger partial charge in [0.2, 0.25) is 15.9 Å². The Morgan fingerprint density at radius 3 is 2.68 bits per heavy atom. The van der Waals surface area contributed by atoms with Gasteiger partial charge in [0, 0.05) is 19.4 Å². The molecule has 0 spiro atoms. The van der Waals surface area contributed by atoms with E-state index in [0.29, 0.717) is 13.0 Å². The van der Waals surface area contributed by atoms with Crippen molar-refractivity contribution in [2.45, 2.75) is 6.42 Å². The van der Waals surface area contributed by atoms with Gasteiger partial charge in [-0.05, 0) is 24.6 Å². The first-order chi connectivity index (χ1) is 10.3. The number of carboxylic acid groups (broad SMARTS) is 1. The molecule has 0 fully saturated rings. The summed E-state index contributed by atoms with van der Waals surface area (Å²) >= 11 is 0. The number of aromatic carboxylic acids is 1. The molecule has 0 unspecified atom stereocenters. The molecule has 0 aliphatic carbocycles. The number of carbonyl (C=O) groups is 2. The summed E-state index contributed by atoms with van der Waals surface area (Å²) in [7, 11) is -2.08. The van der Waals surface area contributed by atoms with E-state index < -0.39 is 28.4 Å². The average Bonchev–Trinajstić information content (AvgIpc) is 2.46. The Bertz CT molecular complexity index is 629. The van der Waals surface area contributed by atoms with E-state index in [1.807, 2.05) is 0 Å². The van der Waals surface area contributed by atoms with Crippen molar-refractivity contribution in [1.29, 1.82) is 0 Å². The SMILES string of the molecule is COCCCS(=O)(=O)NCC(=O)Nc1cccc(C(=O)O)c1. The van der Waals surface area contributed by atoms with Crippen molar-refractivity contribution in [1.82, 2.24) is 4.72 Å². The van der Waals surface area contributed by atoms with Crippen LogP contribution in [0.15, 0.2) is 24.3 Å². The minimum atomic E-state index is -3.55. The van der Waals surface area contributed by atoms with Crippen LogP contribution < -0.4 is 10.0 Å². The molecule has 9 heteroatoms. The smallest absolute Gasteiger partial charge is 0.335 e. The predicted octanol–water partition coefficient (Wildman–Crippen LogP) is 0.279. The highest BCUT2D eigenvalue weighted by Gasteiger charge is 2.12. The molecule has 1 aromatic carbocycles. The molecule has 0 aliphatic heterocycles. The maximum Gasteiger partial charge on any atom is 0.335 e. The molecule has 1 rings (SSSR count). The number of benzene rings is 1. The van der Waals surface area contributed by atoms with E-state index in [2.05, 4.69) is 10.0 Å². The molecule has 8 nitrogen and oxygen atoms in total. The van der Waals surface area contributed by atoms with E-state index in [1.54, 1.807) is 0 Å². The number of rotatable bonds is 9. The summed E-state index contributed by atoms with van der Waals surface area (Å²) < 4.78 is 30.1. The molecule has 0 radical (unpaired) electrons. The van der Waals surface area contributed by atoms with Crippen molar-refractivity contribution in [3.63, 3.8) is 0 Å². The third-order valence-electron chi connectivity index (χ3n) is 2.61. The van der Waals surface area contributed by atoms with Crippen LogP contribution in [-0.4, -0.2) is 51.4 Å². The van der Waals surface area contributed by atoms with Gasteiger partial charge in [-0.3, -0.25) is 4.79 Å². The van der Waals surface area contributed by atoms with Crippen molar-refractivity contribution in [3.8, 4) is 0 Å². The minimum Gasteiger partial charge on any atom is -0.478 e. The van der Waals surface area contributed by atoms with Crippen LogP contribution in [0.5, 0.6) is 0 Å². The summed E-state index contributed by atoms with van der Waals surface area (Å²) in [6, 6.07) is 5.66. The number of carbonyl (C=O) groups excluding carboxylic acids is 1. The average molecular weight is 330 g/mol. The lowest BCUT2D eigenvalue weighted by molar-refractivity contribution is -0.115. The molecule has 0 saturated heterocycles. The highest BCUT2D eigenvalue weighted by molar-refractivity contribution is 7.89. The lowest BCUT2D eigenvalue weighted by Gasteiger charge is -2.08. The third-order valence-corrected chi connectivity index (χ3v) is 4.02. The molecule has 1 amide bonds. The molecule has 0 aliphatic rings. The number of ether oxygens (including phenoxy) is 1. The van der Waals surface area contributed by atoms with Gasteiger partial charge in [-0.15, -0.1) is 0 Å². The molecule has 0 atom stereocenters. The number of sulfonamides is 1. The van der Waals surface area contributed by atoms with Crippen LogP contribution in [0.4, 0.5) is 5.69 Å². The summed E-state index contributed by atoms with van der Waals surface area (Å²) in [6.07, 6.45) is 0.327. The van der Waals surface area contributed by atoms with Gasteiger partial charge in [0.1, 0.15) is 0 Å². The second-order valence-electron chi connectivity index (χ2n) is 4.42. The maximum atomic E-state index is 11.7. The summed E-state index contributed by atoms with van der Waals surface area (Å²) in [5, 5.41) is 11.3. The third kappa shape index (κ3) is 6.66. The molecule has 0 heterocycles. The minimum absolute atomic E-state index is 0.0259. The monoisotopic (exact) mass is 330 g/mol. The lowest BCUT2D eigenvalue weighted by Crippen LogP contribution is -2.34. The fraction of sp³-hybridized carbons (Fsp3) is 0.385. The number of anilines is 1. The van der Waals surface area contributed by atoms with Crippen LogP contribution in [0.2, 0.25) is 0 Å². The second kappa shape index (κ2) is 8.47. The van der Waals surface area contributed by atoms with E-state index >= 15 is 0 Å². The Labute approximate surface area is 128 Å². The van der Waals surface area contributed by atoms with Gasteiger partial charge in [0.15, 0.2) is 0 Å². The molecular weight excluding hydrogens is 312 g/mol. The van der Waals surface area contributed by atoms with Gasteiger partial charge < -0.3 is 15.2 Å². The van der Waals surface area contributed by atoms with Gasteiger partial charge in [-0.1, -0.05) is 6.07 Å². The Morgan fingerprint density at radius 2 is 2.05 bits per heavy atom. The lowest BCUT2D eigenvalue weighted by atomic mass is 10.2. The summed E-state index contributed by atoms with van der Waals surface area (Å²) in [4.78, 5) is 22.5. The van der Waals surface area contributed by atoms with Crippen molar-refractivity contribution < 1.29 is 27.9 Å². The van der Waals surface area contributed by atoms with E-state index in [-0.39, 0.29) is 17.0 Å².